The molecule has 6 rings (SSSR count). The Hall–Kier alpha value is -4.44. The molecule has 2 aliphatic heterocycles. The Morgan fingerprint density at radius 1 is 0.739 bits per heavy atom. The number of likely N-dealkylation sites (N-methyl/N-ethyl adjacent to an activating group) is 2. The molecule has 0 aliphatic carbocycles. The zero-order valence-electron chi connectivity index (χ0n) is 27.1. The largest absolute Gasteiger partial charge is 0.633 e. The number of quaternary nitrogens is 1. The minimum Gasteiger partial charge on any atom is -0.633 e. The van der Waals surface area contributed by atoms with Crippen molar-refractivity contribution in [3.63, 3.8) is 0 Å². The van der Waals surface area contributed by atoms with Crippen molar-refractivity contribution < 1.29 is 33.8 Å². The Balaban J connectivity index is 1.19. The summed E-state index contributed by atoms with van der Waals surface area (Å²) in [6.07, 6.45) is 2.79. The SMILES string of the molecule is COc1cc2c(cc1O)[C@@H](Cc1ccc(O)c(Oc3ccc(C[C@@H]4c5cc(OC)c(OC)cc5CCN4C)cc3)c1)[N@@+](C)([O-])CC2. The molecular weight excluding hydrogens is 584 g/mol. The van der Waals surface area contributed by atoms with Gasteiger partial charge in [0.05, 0.1) is 34.9 Å². The first-order valence-electron chi connectivity index (χ1n) is 15.6. The first kappa shape index (κ1) is 31.5. The first-order chi connectivity index (χ1) is 22.1. The monoisotopic (exact) mass is 626 g/mol. The third-order valence-electron chi connectivity index (χ3n) is 9.59. The van der Waals surface area contributed by atoms with Gasteiger partial charge in [0.1, 0.15) is 11.8 Å². The molecule has 0 spiro atoms. The average Bonchev–Trinajstić information content (AvgIpc) is 3.05. The molecule has 2 N–H and O–H groups in total. The maximum absolute atomic E-state index is 13.6. The molecule has 4 aromatic rings. The number of hydrogen-bond acceptors (Lipinski definition) is 8. The van der Waals surface area contributed by atoms with Crippen LogP contribution in [-0.4, -0.2) is 68.3 Å². The van der Waals surface area contributed by atoms with Gasteiger partial charge in [0, 0.05) is 31.0 Å². The molecule has 2 aliphatic rings. The van der Waals surface area contributed by atoms with E-state index in [1.54, 1.807) is 39.5 Å². The van der Waals surface area contributed by atoms with Crippen molar-refractivity contribution in [1.82, 2.24) is 4.90 Å². The molecule has 2 heterocycles. The minimum atomic E-state index is -0.460. The van der Waals surface area contributed by atoms with Crippen LogP contribution in [0.1, 0.15) is 45.5 Å². The number of fused-ring (bicyclic) bond motifs is 2. The summed E-state index contributed by atoms with van der Waals surface area (Å²) in [6.45, 7) is 1.37. The highest BCUT2D eigenvalue weighted by atomic mass is 16.5. The Kier molecular flexibility index (Phi) is 8.74. The third-order valence-corrected chi connectivity index (χ3v) is 9.59. The highest BCUT2D eigenvalue weighted by Crippen LogP contribution is 2.43. The van der Waals surface area contributed by atoms with E-state index in [4.69, 9.17) is 18.9 Å². The van der Waals surface area contributed by atoms with Crippen molar-refractivity contribution in [3.05, 3.63) is 105 Å². The van der Waals surface area contributed by atoms with Crippen LogP contribution in [0.5, 0.6) is 40.2 Å². The van der Waals surface area contributed by atoms with E-state index in [2.05, 4.69) is 36.2 Å². The zero-order valence-corrected chi connectivity index (χ0v) is 27.1. The van der Waals surface area contributed by atoms with Gasteiger partial charge in [-0.15, -0.1) is 0 Å². The Labute approximate surface area is 270 Å². The lowest BCUT2D eigenvalue weighted by Crippen LogP contribution is -2.47. The highest BCUT2D eigenvalue weighted by molar-refractivity contribution is 5.51. The molecule has 0 amide bonds. The molecule has 3 atom stereocenters. The van der Waals surface area contributed by atoms with Crippen LogP contribution in [0, 0.1) is 5.21 Å². The fraction of sp³-hybridized carbons (Fsp3) is 0.351. The van der Waals surface area contributed by atoms with Crippen molar-refractivity contribution in [2.75, 3.05) is 48.5 Å². The summed E-state index contributed by atoms with van der Waals surface area (Å²) >= 11 is 0. The van der Waals surface area contributed by atoms with Gasteiger partial charge in [0.2, 0.25) is 0 Å². The molecule has 0 fully saturated rings. The summed E-state index contributed by atoms with van der Waals surface area (Å²) < 4.78 is 22.1. The maximum atomic E-state index is 13.6. The molecule has 9 heteroatoms. The number of methoxy groups -OCH3 is 3. The van der Waals surface area contributed by atoms with Gasteiger partial charge in [-0.25, -0.2) is 0 Å². The molecule has 0 saturated heterocycles. The number of hydroxylamine groups is 3. The van der Waals surface area contributed by atoms with E-state index in [-0.39, 0.29) is 17.5 Å². The van der Waals surface area contributed by atoms with E-state index in [0.29, 0.717) is 36.6 Å². The van der Waals surface area contributed by atoms with Crippen molar-refractivity contribution in [2.24, 2.45) is 0 Å². The summed E-state index contributed by atoms with van der Waals surface area (Å²) in [5.74, 6) is 2.85. The van der Waals surface area contributed by atoms with Crippen LogP contribution >= 0.6 is 0 Å². The Morgan fingerprint density at radius 2 is 1.39 bits per heavy atom. The second kappa shape index (κ2) is 12.7. The van der Waals surface area contributed by atoms with E-state index in [1.165, 1.54) is 18.2 Å². The van der Waals surface area contributed by atoms with E-state index in [0.717, 1.165) is 53.1 Å². The van der Waals surface area contributed by atoms with Crippen LogP contribution in [0.3, 0.4) is 0 Å². The summed E-state index contributed by atoms with van der Waals surface area (Å²) in [4.78, 5) is 2.37. The van der Waals surface area contributed by atoms with Gasteiger partial charge in [-0.1, -0.05) is 18.2 Å². The lowest BCUT2D eigenvalue weighted by molar-refractivity contribution is -0.894. The smallest absolute Gasteiger partial charge is 0.169 e. The standard InChI is InChI=1S/C37H42N2O7/c1-38-14-12-25-20-36(44-4)37(45-5)22-28(25)30(38)16-23-6-9-27(10-7-23)46-35-18-24(8-11-32(35)40)17-31-29-21-33(41)34(43-3)19-26(29)13-15-39(31,2)42/h6-11,18-22,30-31,40-41H,12-17H2,1-5H3/t30-,31-,39+/m1/s1. The molecule has 0 bridgehead atoms. The summed E-state index contributed by atoms with van der Waals surface area (Å²) in [5.41, 5.74) is 6.36. The number of nitrogens with zero attached hydrogens (tertiary/aromatic N) is 2. The maximum Gasteiger partial charge on any atom is 0.169 e. The number of phenols is 2. The molecule has 0 aromatic heterocycles. The molecule has 9 nitrogen and oxygen atoms in total. The Bertz CT molecular complexity index is 1720. The van der Waals surface area contributed by atoms with Crippen LogP contribution < -0.4 is 18.9 Å². The fourth-order valence-electron chi connectivity index (χ4n) is 6.87. The predicted octanol–water partition coefficient (Wildman–Crippen LogP) is 6.47. The molecule has 4 aromatic carbocycles. The third kappa shape index (κ3) is 6.18. The number of benzene rings is 4. The van der Waals surface area contributed by atoms with Gasteiger partial charge >= 0.3 is 0 Å². The number of aromatic hydroxyl groups is 2. The average molecular weight is 627 g/mol. The Morgan fingerprint density at radius 3 is 2.11 bits per heavy atom. The highest BCUT2D eigenvalue weighted by Gasteiger charge is 2.34. The van der Waals surface area contributed by atoms with Crippen LogP contribution in [0.15, 0.2) is 66.7 Å². The summed E-state index contributed by atoms with van der Waals surface area (Å²) in [5, 5.41) is 34.7. The normalized spacial score (nSPS) is 20.8. The van der Waals surface area contributed by atoms with Gasteiger partial charge in [-0.2, -0.15) is 0 Å². The van der Waals surface area contributed by atoms with Crippen LogP contribution in [0.25, 0.3) is 0 Å². The lowest BCUT2D eigenvalue weighted by Gasteiger charge is -2.49. The summed E-state index contributed by atoms with van der Waals surface area (Å²) in [6, 6.07) is 20.6. The van der Waals surface area contributed by atoms with Gasteiger partial charge in [-0.05, 0) is 96.2 Å². The van der Waals surface area contributed by atoms with Crippen molar-refractivity contribution >= 4 is 0 Å². The second-order valence-corrected chi connectivity index (χ2v) is 12.5. The van der Waals surface area contributed by atoms with Crippen LogP contribution in [-0.2, 0) is 25.7 Å². The van der Waals surface area contributed by atoms with Gasteiger partial charge in [-0.3, -0.25) is 4.90 Å². The second-order valence-electron chi connectivity index (χ2n) is 12.5. The van der Waals surface area contributed by atoms with Crippen molar-refractivity contribution in [2.45, 2.75) is 37.8 Å². The summed E-state index contributed by atoms with van der Waals surface area (Å²) in [7, 11) is 8.67. The van der Waals surface area contributed by atoms with E-state index < -0.39 is 10.7 Å². The van der Waals surface area contributed by atoms with Crippen LogP contribution in [0.4, 0.5) is 0 Å². The van der Waals surface area contributed by atoms with Crippen molar-refractivity contribution in [3.8, 4) is 40.2 Å². The quantitative estimate of drug-likeness (QED) is 0.161. The van der Waals surface area contributed by atoms with E-state index >= 15 is 0 Å². The minimum absolute atomic E-state index is 0.0171. The first-order valence-corrected chi connectivity index (χ1v) is 15.6. The topological polar surface area (TPSA) is 104 Å². The molecular formula is C37H42N2O7. The number of phenolic OH excluding ortho intramolecular Hbond substituents is 2. The lowest BCUT2D eigenvalue weighted by atomic mass is 9.88. The van der Waals surface area contributed by atoms with E-state index in [1.807, 2.05) is 24.3 Å². The zero-order chi connectivity index (χ0) is 32.6. The fourth-order valence-corrected chi connectivity index (χ4v) is 6.87. The van der Waals surface area contributed by atoms with Gasteiger partial charge < -0.3 is 39.0 Å². The number of rotatable bonds is 9. The molecule has 0 unspecified atom stereocenters. The number of ether oxygens (including phenoxy) is 4. The van der Waals surface area contributed by atoms with Gasteiger partial charge in [0.15, 0.2) is 34.5 Å². The van der Waals surface area contributed by atoms with Gasteiger partial charge in [0.25, 0.3) is 0 Å². The van der Waals surface area contributed by atoms with Crippen LogP contribution in [0.2, 0.25) is 0 Å². The van der Waals surface area contributed by atoms with E-state index in [9.17, 15) is 15.4 Å². The predicted molar refractivity (Wildman–Crippen MR) is 176 cm³/mol. The molecule has 0 saturated carbocycles. The molecule has 0 radical (unpaired) electrons. The number of hydrogen-bond donors (Lipinski definition) is 2. The molecule has 46 heavy (non-hydrogen) atoms. The van der Waals surface area contributed by atoms with Crippen molar-refractivity contribution in [1.29, 1.82) is 0 Å². The molecule has 242 valence electrons.